The molecule has 2 heterocycles. The first-order valence-corrected chi connectivity index (χ1v) is 6.16. The maximum Gasteiger partial charge on any atom is 0.302 e. The summed E-state index contributed by atoms with van der Waals surface area (Å²) in [6.45, 7) is 0.719. The lowest BCUT2D eigenvalue weighted by molar-refractivity contribution is 0.705. The van der Waals surface area contributed by atoms with E-state index in [1.54, 1.807) is 10.9 Å². The van der Waals surface area contributed by atoms with Crippen LogP contribution in [0.25, 0.3) is 11.2 Å². The molecule has 0 aliphatic heterocycles. The zero-order chi connectivity index (χ0) is 14.1. The Kier molecular flexibility index (Phi) is 2.96. The highest BCUT2D eigenvalue weighted by molar-refractivity contribution is 5.71. The van der Waals surface area contributed by atoms with Gasteiger partial charge in [-0.05, 0) is 5.56 Å². The molecule has 4 N–H and O–H groups in total. The Morgan fingerprint density at radius 2 is 1.95 bits per heavy atom. The smallest absolute Gasteiger partial charge is 0.302 e. The normalized spacial score (nSPS) is 11.1. The van der Waals surface area contributed by atoms with E-state index in [9.17, 15) is 4.79 Å². The predicted molar refractivity (Wildman–Crippen MR) is 75.9 cm³/mol. The molecule has 0 amide bonds. The molecule has 3 aromatic rings. The highest BCUT2D eigenvalue weighted by Gasteiger charge is 2.13. The molecule has 0 bridgehead atoms. The molecule has 0 aliphatic carbocycles. The number of imidazole rings is 1. The maximum absolute atomic E-state index is 11.8. The zero-order valence-corrected chi connectivity index (χ0v) is 10.7. The average molecular weight is 270 g/mol. The topological polar surface area (TPSA) is 105 Å². The fourth-order valence-corrected chi connectivity index (χ4v) is 2.21. The van der Waals surface area contributed by atoms with Crippen LogP contribution < -0.4 is 17.0 Å². The Balaban J connectivity index is 2.20. The lowest BCUT2D eigenvalue weighted by Gasteiger charge is -2.11. The third-order valence-electron chi connectivity index (χ3n) is 3.14. The molecule has 102 valence electrons. The number of benzene rings is 1. The number of anilines is 1. The van der Waals surface area contributed by atoms with Crippen LogP contribution in [0.15, 0.2) is 41.5 Å². The molecule has 7 nitrogen and oxygen atoms in total. The van der Waals surface area contributed by atoms with Crippen molar-refractivity contribution in [1.29, 1.82) is 0 Å². The first-order chi connectivity index (χ1) is 9.70. The van der Waals surface area contributed by atoms with Gasteiger partial charge < -0.3 is 16.0 Å². The van der Waals surface area contributed by atoms with Crippen LogP contribution in [0.3, 0.4) is 0 Å². The molecular formula is C13H14N6O. The van der Waals surface area contributed by atoms with Crippen molar-refractivity contribution in [2.75, 3.05) is 5.73 Å². The van der Waals surface area contributed by atoms with Gasteiger partial charge in [0, 0.05) is 0 Å². The molecule has 0 spiro atoms. The van der Waals surface area contributed by atoms with Crippen LogP contribution in [-0.2, 0) is 13.2 Å². The van der Waals surface area contributed by atoms with E-state index in [-0.39, 0.29) is 18.1 Å². The SMILES string of the molecule is NCn1c(N)nc(=O)c2ncn(Cc3ccccc3)c21. The Labute approximate surface area is 114 Å². The predicted octanol–water partition coefficient (Wildman–Crippen LogP) is 0.140. The average Bonchev–Trinajstić information content (AvgIpc) is 2.85. The largest absolute Gasteiger partial charge is 0.369 e. The molecule has 0 fully saturated rings. The van der Waals surface area contributed by atoms with E-state index in [4.69, 9.17) is 11.5 Å². The first-order valence-electron chi connectivity index (χ1n) is 6.16. The van der Waals surface area contributed by atoms with Crippen molar-refractivity contribution in [2.24, 2.45) is 5.73 Å². The minimum Gasteiger partial charge on any atom is -0.369 e. The van der Waals surface area contributed by atoms with Gasteiger partial charge in [0.25, 0.3) is 0 Å². The van der Waals surface area contributed by atoms with Crippen LogP contribution >= 0.6 is 0 Å². The molecule has 7 heteroatoms. The summed E-state index contributed by atoms with van der Waals surface area (Å²) in [5, 5.41) is 0. The number of aromatic nitrogens is 4. The van der Waals surface area contributed by atoms with Crippen LogP contribution in [0.5, 0.6) is 0 Å². The molecule has 1 aromatic carbocycles. The van der Waals surface area contributed by atoms with Crippen LogP contribution in [0.1, 0.15) is 5.56 Å². The maximum atomic E-state index is 11.8. The summed E-state index contributed by atoms with van der Waals surface area (Å²) in [6.07, 6.45) is 1.60. The van der Waals surface area contributed by atoms with Gasteiger partial charge in [-0.25, -0.2) is 4.98 Å². The van der Waals surface area contributed by atoms with Gasteiger partial charge in [-0.15, -0.1) is 0 Å². The Morgan fingerprint density at radius 1 is 1.20 bits per heavy atom. The molecular weight excluding hydrogens is 256 g/mol. The summed E-state index contributed by atoms with van der Waals surface area (Å²) < 4.78 is 3.42. The lowest BCUT2D eigenvalue weighted by Crippen LogP contribution is -2.22. The van der Waals surface area contributed by atoms with Gasteiger partial charge in [-0.1, -0.05) is 30.3 Å². The van der Waals surface area contributed by atoms with E-state index in [0.717, 1.165) is 5.56 Å². The summed E-state index contributed by atoms with van der Waals surface area (Å²) in [7, 11) is 0. The molecule has 0 unspecified atom stereocenters. The number of nitrogens with two attached hydrogens (primary N) is 2. The van der Waals surface area contributed by atoms with E-state index in [1.165, 1.54) is 0 Å². The van der Waals surface area contributed by atoms with Gasteiger partial charge >= 0.3 is 5.56 Å². The van der Waals surface area contributed by atoms with Crippen molar-refractivity contribution in [2.45, 2.75) is 13.2 Å². The van der Waals surface area contributed by atoms with Gasteiger partial charge in [0.2, 0.25) is 5.95 Å². The number of hydrogen-bond donors (Lipinski definition) is 2. The molecule has 0 atom stereocenters. The number of nitrogen functional groups attached to an aromatic ring is 1. The Bertz CT molecular complexity index is 805. The monoisotopic (exact) mass is 270 g/mol. The van der Waals surface area contributed by atoms with Crippen LogP contribution in [0.2, 0.25) is 0 Å². The van der Waals surface area contributed by atoms with Crippen LogP contribution in [0, 0.1) is 0 Å². The summed E-state index contributed by atoms with van der Waals surface area (Å²) in [6, 6.07) is 9.87. The standard InChI is InChI=1S/C13H14N6O/c14-7-19-12-10(11(20)17-13(19)15)16-8-18(12)6-9-4-2-1-3-5-9/h1-5,8H,6-7,14H2,(H2,15,17,20). The number of nitrogens with zero attached hydrogens (tertiary/aromatic N) is 4. The van der Waals surface area contributed by atoms with Crippen molar-refractivity contribution in [3.63, 3.8) is 0 Å². The third-order valence-corrected chi connectivity index (χ3v) is 3.14. The molecule has 0 saturated carbocycles. The van der Waals surface area contributed by atoms with Gasteiger partial charge in [-0.3, -0.25) is 9.36 Å². The van der Waals surface area contributed by atoms with Gasteiger partial charge in [0.05, 0.1) is 19.5 Å². The van der Waals surface area contributed by atoms with Crippen LogP contribution in [0.4, 0.5) is 5.95 Å². The van der Waals surface area contributed by atoms with Crippen molar-refractivity contribution >= 4 is 17.1 Å². The molecule has 3 rings (SSSR count). The van der Waals surface area contributed by atoms with E-state index in [1.807, 2.05) is 34.9 Å². The lowest BCUT2D eigenvalue weighted by atomic mass is 10.2. The number of hydrogen-bond acceptors (Lipinski definition) is 5. The molecule has 0 aliphatic rings. The minimum absolute atomic E-state index is 0.0970. The molecule has 0 radical (unpaired) electrons. The summed E-state index contributed by atoms with van der Waals surface area (Å²) >= 11 is 0. The zero-order valence-electron chi connectivity index (χ0n) is 10.7. The molecule has 20 heavy (non-hydrogen) atoms. The van der Waals surface area contributed by atoms with Crippen molar-refractivity contribution in [3.8, 4) is 0 Å². The second-order valence-electron chi connectivity index (χ2n) is 4.42. The fraction of sp³-hybridized carbons (Fsp3) is 0.154. The second kappa shape index (κ2) is 4.78. The van der Waals surface area contributed by atoms with Crippen LogP contribution in [-0.4, -0.2) is 19.1 Å². The van der Waals surface area contributed by atoms with E-state index < -0.39 is 5.56 Å². The Hall–Kier alpha value is -2.67. The Morgan fingerprint density at radius 3 is 2.65 bits per heavy atom. The van der Waals surface area contributed by atoms with Gasteiger partial charge in [-0.2, -0.15) is 4.98 Å². The summed E-state index contributed by atoms with van der Waals surface area (Å²) in [5.74, 6) is 0.0970. The minimum atomic E-state index is -0.436. The second-order valence-corrected chi connectivity index (χ2v) is 4.42. The van der Waals surface area contributed by atoms with Gasteiger partial charge in [0.15, 0.2) is 5.52 Å². The highest BCUT2D eigenvalue weighted by Crippen LogP contribution is 2.13. The summed E-state index contributed by atoms with van der Waals surface area (Å²) in [5.41, 5.74) is 13.0. The van der Waals surface area contributed by atoms with E-state index in [0.29, 0.717) is 12.2 Å². The molecule has 2 aromatic heterocycles. The fourth-order valence-electron chi connectivity index (χ4n) is 2.21. The number of rotatable bonds is 3. The van der Waals surface area contributed by atoms with Crippen molar-refractivity contribution in [3.05, 3.63) is 52.6 Å². The van der Waals surface area contributed by atoms with E-state index in [2.05, 4.69) is 9.97 Å². The summed E-state index contributed by atoms with van der Waals surface area (Å²) in [4.78, 5) is 19.7. The highest BCUT2D eigenvalue weighted by atomic mass is 16.1. The van der Waals surface area contributed by atoms with E-state index >= 15 is 0 Å². The quantitative estimate of drug-likeness (QED) is 0.704. The molecule has 0 saturated heterocycles. The van der Waals surface area contributed by atoms with Crippen molar-refractivity contribution < 1.29 is 0 Å². The first kappa shape index (κ1) is 12.4. The number of fused-ring (bicyclic) bond motifs is 1. The van der Waals surface area contributed by atoms with Crippen molar-refractivity contribution in [1.82, 2.24) is 19.1 Å². The van der Waals surface area contributed by atoms with Gasteiger partial charge in [0.1, 0.15) is 5.65 Å². The third kappa shape index (κ3) is 1.94.